The van der Waals surface area contributed by atoms with Gasteiger partial charge < -0.3 is 14.6 Å². The molecule has 2 saturated carbocycles. The molecule has 1 saturated heterocycles. The average Bonchev–Trinajstić information content (AvgIpc) is 3.56. The number of hydrogen-bond donors (Lipinski definition) is 1. The molecule has 7 rings (SSSR count). The van der Waals surface area contributed by atoms with Gasteiger partial charge in [0.25, 0.3) is 0 Å². The highest BCUT2D eigenvalue weighted by atomic mass is 35.5. The second-order valence-corrected chi connectivity index (χ2v) is 11.0. The molecule has 3 fully saturated rings. The molecule has 0 aromatic heterocycles. The predicted molar refractivity (Wildman–Crippen MR) is 131 cm³/mol. The van der Waals surface area contributed by atoms with Crippen molar-refractivity contribution >= 4 is 29.8 Å². The molecule has 1 N–H and O–H groups in total. The maximum Gasteiger partial charge on any atom is 0.174 e. The van der Waals surface area contributed by atoms with Gasteiger partial charge >= 0.3 is 0 Å². The van der Waals surface area contributed by atoms with Crippen molar-refractivity contribution in [3.05, 3.63) is 52.0 Å². The summed E-state index contributed by atoms with van der Waals surface area (Å²) in [5.41, 5.74) is 2.91. The number of rotatable bonds is 5. The van der Waals surface area contributed by atoms with Crippen LogP contribution in [0.15, 0.2) is 30.3 Å². The highest BCUT2D eigenvalue weighted by Gasteiger charge is 2.66. The minimum absolute atomic E-state index is 0. The third-order valence-corrected chi connectivity index (χ3v) is 9.06. The Hall–Kier alpha value is -1.95. The normalized spacial score (nSPS) is 30.9. The lowest BCUT2D eigenvalue weighted by Crippen LogP contribution is -2.66. The zero-order valence-electron chi connectivity index (χ0n) is 19.0. The molecule has 5 nitrogen and oxygen atoms in total. The molecular formula is C27H29Cl2NO4. The van der Waals surface area contributed by atoms with Gasteiger partial charge in [0.1, 0.15) is 12.4 Å². The Morgan fingerprint density at radius 2 is 2.00 bits per heavy atom. The summed E-state index contributed by atoms with van der Waals surface area (Å²) in [7, 11) is 0. The second-order valence-electron chi connectivity index (χ2n) is 10.6. The van der Waals surface area contributed by atoms with Crippen LogP contribution in [0.4, 0.5) is 0 Å². The number of ether oxygens (including phenoxy) is 2. The SMILES string of the molecule is Cl.O=C1CC[C@H]2[C@H]3Cc4c(OCc5ccc(Cl)cc5)cc(O)c5c4[C@@]2(CCN3CC2CC2)[C@H]1O5. The van der Waals surface area contributed by atoms with Crippen molar-refractivity contribution in [1.82, 2.24) is 4.90 Å². The highest BCUT2D eigenvalue weighted by molar-refractivity contribution is 6.30. The third kappa shape index (κ3) is 3.20. The number of hydrogen-bond acceptors (Lipinski definition) is 5. The lowest BCUT2D eigenvalue weighted by Gasteiger charge is -2.57. The van der Waals surface area contributed by atoms with E-state index in [1.807, 2.05) is 24.3 Å². The van der Waals surface area contributed by atoms with Gasteiger partial charge in [-0.05, 0) is 68.2 Å². The van der Waals surface area contributed by atoms with E-state index in [1.54, 1.807) is 6.07 Å². The van der Waals surface area contributed by atoms with Gasteiger partial charge in [-0.15, -0.1) is 12.4 Å². The molecule has 0 radical (unpaired) electrons. The lowest BCUT2D eigenvalue weighted by molar-refractivity contribution is -0.138. The van der Waals surface area contributed by atoms with Gasteiger partial charge in [0.2, 0.25) is 0 Å². The Kier molecular flexibility index (Phi) is 5.32. The van der Waals surface area contributed by atoms with Crippen molar-refractivity contribution < 1.29 is 19.4 Å². The number of nitrogens with zero attached hydrogens (tertiary/aromatic N) is 1. The Morgan fingerprint density at radius 3 is 2.76 bits per heavy atom. The number of ketones is 1. The number of phenolic OH excluding ortho intramolecular Hbond substituents is 1. The van der Waals surface area contributed by atoms with Crippen molar-refractivity contribution in [2.24, 2.45) is 11.8 Å². The topological polar surface area (TPSA) is 59.0 Å². The number of Topliss-reactive ketones (excluding diaryl/α,β-unsaturated/α-hetero) is 1. The molecule has 3 aliphatic carbocycles. The summed E-state index contributed by atoms with van der Waals surface area (Å²) >= 11 is 6.03. The van der Waals surface area contributed by atoms with Crippen LogP contribution < -0.4 is 9.47 Å². The first-order valence-electron chi connectivity index (χ1n) is 12.2. The first-order chi connectivity index (χ1) is 16.0. The van der Waals surface area contributed by atoms with E-state index in [0.29, 0.717) is 35.8 Å². The van der Waals surface area contributed by atoms with Gasteiger partial charge in [-0.25, -0.2) is 0 Å². The number of aromatic hydroxyl groups is 1. The molecule has 0 amide bonds. The molecule has 7 heteroatoms. The van der Waals surface area contributed by atoms with Crippen molar-refractivity contribution in [2.75, 3.05) is 13.1 Å². The molecular weight excluding hydrogens is 473 g/mol. The van der Waals surface area contributed by atoms with E-state index in [0.717, 1.165) is 60.7 Å². The molecule has 5 aliphatic rings. The monoisotopic (exact) mass is 501 g/mol. The smallest absolute Gasteiger partial charge is 0.174 e. The lowest BCUT2D eigenvalue weighted by atomic mass is 9.51. The van der Waals surface area contributed by atoms with Crippen LogP contribution in [-0.4, -0.2) is 41.0 Å². The van der Waals surface area contributed by atoms with Crippen LogP contribution in [0.25, 0.3) is 0 Å². The van der Waals surface area contributed by atoms with E-state index < -0.39 is 6.10 Å². The van der Waals surface area contributed by atoms with Crippen molar-refractivity contribution in [1.29, 1.82) is 0 Å². The first kappa shape index (κ1) is 22.5. The number of piperidine rings is 1. The highest BCUT2D eigenvalue weighted by Crippen LogP contribution is 2.64. The maximum absolute atomic E-state index is 13.1. The predicted octanol–water partition coefficient (Wildman–Crippen LogP) is 5.06. The van der Waals surface area contributed by atoms with E-state index in [2.05, 4.69) is 4.90 Å². The number of halogens is 2. The zero-order valence-corrected chi connectivity index (χ0v) is 20.5. The molecule has 2 aromatic rings. The van der Waals surface area contributed by atoms with Gasteiger partial charge in [-0.1, -0.05) is 23.7 Å². The van der Waals surface area contributed by atoms with E-state index in [-0.39, 0.29) is 29.4 Å². The number of benzene rings is 2. The molecule has 2 aliphatic heterocycles. The van der Waals surface area contributed by atoms with Crippen LogP contribution in [0, 0.1) is 11.8 Å². The quantitative estimate of drug-likeness (QED) is 0.619. The molecule has 34 heavy (non-hydrogen) atoms. The molecule has 2 aromatic carbocycles. The van der Waals surface area contributed by atoms with Gasteiger partial charge in [-0.3, -0.25) is 9.69 Å². The third-order valence-electron chi connectivity index (χ3n) is 8.81. The zero-order chi connectivity index (χ0) is 22.3. The van der Waals surface area contributed by atoms with Gasteiger partial charge in [0, 0.05) is 46.6 Å². The van der Waals surface area contributed by atoms with Crippen LogP contribution in [0.3, 0.4) is 0 Å². The summed E-state index contributed by atoms with van der Waals surface area (Å²) in [5.74, 6) is 2.76. The molecule has 1 spiro atoms. The fourth-order valence-corrected chi connectivity index (χ4v) is 7.31. The van der Waals surface area contributed by atoms with Gasteiger partial charge in [0.15, 0.2) is 23.4 Å². The second kappa shape index (κ2) is 8.04. The van der Waals surface area contributed by atoms with Crippen LogP contribution in [-0.2, 0) is 23.2 Å². The summed E-state index contributed by atoms with van der Waals surface area (Å²) in [4.78, 5) is 15.8. The Morgan fingerprint density at radius 1 is 1.21 bits per heavy atom. The van der Waals surface area contributed by atoms with Gasteiger partial charge in [0.05, 0.1) is 0 Å². The molecule has 4 atom stereocenters. The van der Waals surface area contributed by atoms with Crippen molar-refractivity contribution in [3.8, 4) is 17.2 Å². The van der Waals surface area contributed by atoms with Crippen LogP contribution >= 0.6 is 24.0 Å². The minimum Gasteiger partial charge on any atom is -0.504 e. The Labute approximate surface area is 210 Å². The first-order valence-corrected chi connectivity index (χ1v) is 12.6. The Balaban J connectivity index is 0.00000217. The molecule has 2 heterocycles. The van der Waals surface area contributed by atoms with Crippen molar-refractivity contribution in [3.63, 3.8) is 0 Å². The summed E-state index contributed by atoms with van der Waals surface area (Å²) in [6.07, 6.45) is 5.52. The van der Waals surface area contributed by atoms with Crippen LogP contribution in [0.2, 0.25) is 5.02 Å². The number of carbonyl (C=O) groups is 1. The minimum atomic E-state index is -0.465. The number of phenols is 1. The fraction of sp³-hybridized carbons (Fsp3) is 0.519. The van der Waals surface area contributed by atoms with Crippen LogP contribution in [0.1, 0.15) is 48.8 Å². The summed E-state index contributed by atoms with van der Waals surface area (Å²) < 4.78 is 12.6. The number of likely N-dealkylation sites (tertiary alicyclic amines) is 1. The summed E-state index contributed by atoms with van der Waals surface area (Å²) in [6.45, 7) is 2.57. The Bertz CT molecular complexity index is 1150. The maximum atomic E-state index is 13.1. The molecule has 0 unspecified atom stereocenters. The van der Waals surface area contributed by atoms with E-state index in [9.17, 15) is 9.90 Å². The number of carbonyl (C=O) groups excluding carboxylic acids is 1. The van der Waals surface area contributed by atoms with E-state index in [1.165, 1.54) is 12.8 Å². The fourth-order valence-electron chi connectivity index (χ4n) is 7.19. The summed E-state index contributed by atoms with van der Waals surface area (Å²) in [6, 6.07) is 9.74. The van der Waals surface area contributed by atoms with Crippen molar-refractivity contribution in [2.45, 2.75) is 62.7 Å². The summed E-state index contributed by atoms with van der Waals surface area (Å²) in [5, 5.41) is 11.6. The van der Waals surface area contributed by atoms with Crippen LogP contribution in [0.5, 0.6) is 17.2 Å². The largest absolute Gasteiger partial charge is 0.504 e. The van der Waals surface area contributed by atoms with E-state index in [4.69, 9.17) is 21.1 Å². The van der Waals surface area contributed by atoms with E-state index >= 15 is 0 Å². The van der Waals surface area contributed by atoms with Gasteiger partial charge in [-0.2, -0.15) is 0 Å². The molecule has 180 valence electrons. The standard InChI is InChI=1S/C27H28ClNO4.ClH/c28-17-5-3-16(4-6-17)14-32-23-12-22(31)25-24-18(23)11-20-19-7-8-21(30)26(33-25)27(19,24)9-10-29(20)13-15-1-2-15;/h3-6,12,15,19-20,26,31H,1-2,7-11,13-14H2;1H/t19-,20+,26-,27-;/m0./s1. The average molecular weight is 502 g/mol. The molecule has 2 bridgehead atoms.